The van der Waals surface area contributed by atoms with E-state index in [4.69, 9.17) is 11.6 Å². The molecule has 0 aliphatic carbocycles. The van der Waals surface area contributed by atoms with Crippen molar-refractivity contribution in [2.45, 2.75) is 78.6 Å². The Morgan fingerprint density at radius 1 is 0.473 bits per heavy atom. The summed E-state index contributed by atoms with van der Waals surface area (Å²) in [5, 5.41) is 1.68. The maximum absolute atomic E-state index is 10.4. The Hall–Kier alpha value is -6.63. The van der Waals surface area contributed by atoms with Crippen molar-refractivity contribution in [1.29, 1.82) is 0 Å². The predicted octanol–water partition coefficient (Wildman–Crippen LogP) is 19.0. The Kier molecular flexibility index (Phi) is 10.9. The van der Waals surface area contributed by atoms with Crippen molar-refractivity contribution in [3.63, 3.8) is 0 Å². The SMILES string of the molecule is [2H]c1c([2H])c2c(c([2H])c1Br)N(c1c(-c3ccccc3)cc(C(C)(C)C)cc1-c1ccccc1)c1cc(C(C)(C)C)cc3c1B2c1sc2cc(Cl)ccc2c1N3c1c(-c2ccccc2)cc(C(C)(C)C)cc1-c1ccccc1. The molecular formula is C68H59BBrClN2S. The van der Waals surface area contributed by atoms with E-state index in [-0.39, 0.29) is 38.8 Å². The standard InChI is InChI=1S/C68H59BBrClN2S/c1-66(2,3)46-34-52(42-22-14-10-15-23-42)62(53(35-46)43-24-16-11-17-25-43)72-57-40-49(70)30-33-56(57)69-61-58(72)38-48(68(7,8)9)39-59(61)73(64-51-32-31-50(71)41-60(51)74-65(64)69)63-54(44-26-18-12-19-27-44)36-47(67(4,5)6)37-55(63)45-28-20-13-21-29-45/h10-41H,1-9H3/i30D,33D,40D. The second-order valence-corrected chi connectivity index (χ2v) is 25.3. The molecule has 1 aromatic heterocycles. The third kappa shape index (κ3) is 8.24. The van der Waals surface area contributed by atoms with Crippen molar-refractivity contribution in [1.82, 2.24) is 0 Å². The lowest BCUT2D eigenvalue weighted by molar-refractivity contribution is 0.590. The van der Waals surface area contributed by atoms with Gasteiger partial charge in [0.15, 0.2) is 0 Å². The van der Waals surface area contributed by atoms with Crippen LogP contribution in [0.25, 0.3) is 54.6 Å². The second kappa shape index (κ2) is 18.0. The van der Waals surface area contributed by atoms with Crippen molar-refractivity contribution in [3.8, 4) is 44.5 Å². The van der Waals surface area contributed by atoms with Crippen LogP contribution in [0.3, 0.4) is 0 Å². The molecule has 364 valence electrons. The molecule has 6 heteroatoms. The first-order valence-electron chi connectivity index (χ1n) is 27.1. The van der Waals surface area contributed by atoms with Crippen LogP contribution < -0.4 is 25.5 Å². The van der Waals surface area contributed by atoms with E-state index in [1.807, 2.05) is 6.07 Å². The van der Waals surface area contributed by atoms with Crippen molar-refractivity contribution in [2.75, 3.05) is 9.80 Å². The maximum Gasteiger partial charge on any atom is 0.264 e. The van der Waals surface area contributed by atoms with Crippen LogP contribution in [0, 0.1) is 0 Å². The molecule has 2 nitrogen and oxygen atoms in total. The van der Waals surface area contributed by atoms with Crippen LogP contribution in [-0.2, 0) is 16.2 Å². The first kappa shape index (κ1) is 44.8. The highest BCUT2D eigenvalue weighted by molar-refractivity contribution is 9.10. The molecule has 0 radical (unpaired) electrons. The Balaban J connectivity index is 1.33. The summed E-state index contributed by atoms with van der Waals surface area (Å²) >= 11 is 12.5. The van der Waals surface area contributed by atoms with Gasteiger partial charge in [0, 0.05) is 63.7 Å². The fourth-order valence-electron chi connectivity index (χ4n) is 11.1. The fraction of sp³-hybridized carbons (Fsp3) is 0.176. The van der Waals surface area contributed by atoms with Gasteiger partial charge in [0.25, 0.3) is 6.71 Å². The van der Waals surface area contributed by atoms with E-state index in [0.29, 0.717) is 16.2 Å². The third-order valence-corrected chi connectivity index (χ3v) is 16.8. The molecule has 10 aromatic rings. The summed E-state index contributed by atoms with van der Waals surface area (Å²) in [5.74, 6) is 0. The predicted molar refractivity (Wildman–Crippen MR) is 326 cm³/mol. The van der Waals surface area contributed by atoms with Gasteiger partial charge in [-0.25, -0.2) is 0 Å². The second-order valence-electron chi connectivity index (χ2n) is 23.0. The highest BCUT2D eigenvalue weighted by Gasteiger charge is 2.47. The molecule has 0 N–H and O–H groups in total. The van der Waals surface area contributed by atoms with Crippen molar-refractivity contribution < 1.29 is 4.11 Å². The number of nitrogens with zero attached hydrogens (tertiary/aromatic N) is 2. The molecule has 0 bridgehead atoms. The minimum atomic E-state index is -0.542. The summed E-state index contributed by atoms with van der Waals surface area (Å²) in [6, 6.07) is 63.6. The zero-order valence-electron chi connectivity index (χ0n) is 46.4. The zero-order valence-corrected chi connectivity index (χ0v) is 46.5. The molecule has 0 unspecified atom stereocenters. The number of benzene rings is 9. The van der Waals surface area contributed by atoms with E-state index in [1.165, 1.54) is 11.1 Å². The molecular weight excluding hydrogens is 1000 g/mol. The van der Waals surface area contributed by atoms with Gasteiger partial charge in [-0.2, -0.15) is 0 Å². The van der Waals surface area contributed by atoms with E-state index in [1.54, 1.807) is 11.3 Å². The highest BCUT2D eigenvalue weighted by atomic mass is 79.9. The van der Waals surface area contributed by atoms with Gasteiger partial charge in [-0.3, -0.25) is 0 Å². The molecule has 0 saturated heterocycles. The van der Waals surface area contributed by atoms with Gasteiger partial charge >= 0.3 is 0 Å². The van der Waals surface area contributed by atoms with Crippen LogP contribution in [0.1, 0.15) is 83.1 Å². The summed E-state index contributed by atoms with van der Waals surface area (Å²) in [5.41, 5.74) is 18.3. The summed E-state index contributed by atoms with van der Waals surface area (Å²) in [6.07, 6.45) is 0. The minimum absolute atomic E-state index is 0.0108. The van der Waals surface area contributed by atoms with E-state index in [2.05, 4.69) is 258 Å². The van der Waals surface area contributed by atoms with Gasteiger partial charge in [0.1, 0.15) is 0 Å². The average Bonchev–Trinajstić information content (AvgIpc) is 4.04. The number of rotatable bonds is 6. The molecule has 74 heavy (non-hydrogen) atoms. The maximum atomic E-state index is 10.4. The molecule has 0 atom stereocenters. The van der Waals surface area contributed by atoms with Gasteiger partial charge in [0.05, 0.1) is 21.2 Å². The van der Waals surface area contributed by atoms with Gasteiger partial charge in [-0.05, 0) is 133 Å². The van der Waals surface area contributed by atoms with Gasteiger partial charge in [0.2, 0.25) is 0 Å². The topological polar surface area (TPSA) is 6.48 Å². The number of thiophene rings is 1. The van der Waals surface area contributed by atoms with Gasteiger partial charge in [-0.15, -0.1) is 11.3 Å². The van der Waals surface area contributed by atoms with Crippen LogP contribution in [0.15, 0.2) is 199 Å². The lowest BCUT2D eigenvalue weighted by atomic mass is 9.36. The number of halogens is 2. The van der Waals surface area contributed by atoms with E-state index in [9.17, 15) is 4.11 Å². The van der Waals surface area contributed by atoms with Crippen LogP contribution in [-0.4, -0.2) is 6.71 Å². The Morgan fingerprint density at radius 2 is 0.878 bits per heavy atom. The molecule has 0 spiro atoms. The van der Waals surface area contributed by atoms with Crippen LogP contribution >= 0.6 is 38.9 Å². The van der Waals surface area contributed by atoms with E-state index < -0.39 is 6.71 Å². The zero-order chi connectivity index (χ0) is 54.0. The van der Waals surface area contributed by atoms with Crippen molar-refractivity contribution in [3.05, 3.63) is 220 Å². The first-order chi connectivity index (χ1) is 36.7. The first-order valence-corrected chi connectivity index (χ1v) is 27.6. The molecule has 0 amide bonds. The molecule has 0 saturated carbocycles. The lowest BCUT2D eigenvalue weighted by Gasteiger charge is -2.46. The quantitative estimate of drug-likeness (QED) is 0.153. The summed E-state index contributed by atoms with van der Waals surface area (Å²) in [7, 11) is 0. The minimum Gasteiger partial charge on any atom is -0.310 e. The van der Waals surface area contributed by atoms with Crippen LogP contribution in [0.5, 0.6) is 0 Å². The largest absolute Gasteiger partial charge is 0.310 e. The van der Waals surface area contributed by atoms with E-state index in [0.717, 1.165) is 98.8 Å². The van der Waals surface area contributed by atoms with Crippen LogP contribution in [0.4, 0.5) is 34.1 Å². The summed E-state index contributed by atoms with van der Waals surface area (Å²) < 4.78 is 32.8. The third-order valence-electron chi connectivity index (χ3n) is 15.0. The van der Waals surface area contributed by atoms with Gasteiger partial charge in [-0.1, -0.05) is 217 Å². The molecule has 3 heterocycles. The number of anilines is 6. The molecule has 0 fully saturated rings. The van der Waals surface area contributed by atoms with E-state index >= 15 is 0 Å². The number of fused-ring (bicyclic) bond motifs is 6. The van der Waals surface area contributed by atoms with Crippen molar-refractivity contribution in [2.24, 2.45) is 0 Å². The highest BCUT2D eigenvalue weighted by Crippen LogP contribution is 2.56. The summed E-state index contributed by atoms with van der Waals surface area (Å²) in [6.45, 7) is 20.0. The molecule has 12 rings (SSSR count). The number of hydrogen-bond acceptors (Lipinski definition) is 3. The monoisotopic (exact) mass is 1060 g/mol. The van der Waals surface area contributed by atoms with Crippen molar-refractivity contribution >= 4 is 105 Å². The smallest absolute Gasteiger partial charge is 0.264 e. The molecule has 2 aliphatic rings. The normalized spacial score (nSPS) is 13.8. The van der Waals surface area contributed by atoms with Gasteiger partial charge < -0.3 is 9.80 Å². The van der Waals surface area contributed by atoms with Crippen LogP contribution in [0.2, 0.25) is 5.02 Å². The Morgan fingerprint density at radius 3 is 1.31 bits per heavy atom. The fourth-order valence-corrected chi connectivity index (χ4v) is 12.9. The average molecular weight is 1070 g/mol. The Labute approximate surface area is 459 Å². The lowest BCUT2D eigenvalue weighted by Crippen LogP contribution is -2.60. The molecule has 9 aromatic carbocycles. The summed E-state index contributed by atoms with van der Waals surface area (Å²) in [4.78, 5) is 4.88. The number of hydrogen-bond donors (Lipinski definition) is 0. The Bertz CT molecular complexity index is 3870. The molecule has 2 aliphatic heterocycles.